The van der Waals surface area contributed by atoms with E-state index in [0.29, 0.717) is 12.6 Å². The van der Waals surface area contributed by atoms with Crippen LogP contribution in [-0.4, -0.2) is 59.3 Å². The molecule has 0 spiro atoms. The minimum absolute atomic E-state index is 0. The van der Waals surface area contributed by atoms with Gasteiger partial charge in [0.15, 0.2) is 0 Å². The SMILES string of the molecule is CNc1ccnc(NC2CCCCC2)n1.OCCCN1CCCC1.[HH].[HH]. The number of likely N-dealkylation sites (tertiary alicyclic amines) is 1. The number of nitrogens with zero attached hydrogens (tertiary/aromatic N) is 3. The number of nitrogens with one attached hydrogen (secondary N) is 2. The van der Waals surface area contributed by atoms with E-state index in [1.165, 1.54) is 58.0 Å². The Morgan fingerprint density at radius 2 is 1.96 bits per heavy atom. The molecule has 2 aliphatic rings. The molecular weight excluding hydrogens is 302 g/mol. The maximum atomic E-state index is 8.50. The van der Waals surface area contributed by atoms with E-state index in [4.69, 9.17) is 5.11 Å². The highest BCUT2D eigenvalue weighted by atomic mass is 16.3. The van der Waals surface area contributed by atoms with Crippen LogP contribution in [0, 0.1) is 0 Å². The zero-order valence-corrected chi connectivity index (χ0v) is 15.0. The molecule has 0 radical (unpaired) electrons. The predicted octanol–water partition coefficient (Wildman–Crippen LogP) is 3.22. The molecular formula is C18H37N5O. The van der Waals surface area contributed by atoms with Crippen LogP contribution in [0.4, 0.5) is 11.8 Å². The van der Waals surface area contributed by atoms with E-state index in [1.54, 1.807) is 6.20 Å². The molecule has 0 bridgehead atoms. The fourth-order valence-electron chi connectivity index (χ4n) is 3.30. The summed E-state index contributed by atoms with van der Waals surface area (Å²) in [6, 6.07) is 2.43. The first-order valence-electron chi connectivity index (χ1n) is 9.42. The molecule has 3 N–H and O–H groups in total. The molecule has 1 aromatic rings. The molecule has 0 unspecified atom stereocenters. The minimum atomic E-state index is 0. The number of anilines is 2. The molecule has 140 valence electrons. The summed E-state index contributed by atoms with van der Waals surface area (Å²) in [7, 11) is 1.87. The molecule has 3 rings (SSSR count). The van der Waals surface area contributed by atoms with Crippen molar-refractivity contribution in [1.82, 2.24) is 14.9 Å². The second-order valence-electron chi connectivity index (χ2n) is 6.62. The zero-order valence-electron chi connectivity index (χ0n) is 15.0. The van der Waals surface area contributed by atoms with Crippen LogP contribution in [0.3, 0.4) is 0 Å². The van der Waals surface area contributed by atoms with E-state index >= 15 is 0 Å². The number of rotatable bonds is 6. The Morgan fingerprint density at radius 3 is 2.62 bits per heavy atom. The molecule has 2 fully saturated rings. The standard InChI is InChI=1S/C11H18N4.C7H15NO.2H2/c1-12-10-7-8-13-11(15-10)14-9-5-3-2-4-6-9;9-7-3-6-8-4-1-2-5-8;;/h7-9H,2-6H2,1H3,(H2,12,13,14,15);9H,1-7H2;2*1H. The van der Waals surface area contributed by atoms with Gasteiger partial charge in [-0.15, -0.1) is 0 Å². The maximum absolute atomic E-state index is 8.50. The van der Waals surface area contributed by atoms with Gasteiger partial charge in [0.1, 0.15) is 5.82 Å². The fourth-order valence-corrected chi connectivity index (χ4v) is 3.30. The van der Waals surface area contributed by atoms with Crippen molar-refractivity contribution < 1.29 is 7.96 Å². The van der Waals surface area contributed by atoms with E-state index < -0.39 is 0 Å². The summed E-state index contributed by atoms with van der Waals surface area (Å²) in [5.74, 6) is 1.61. The van der Waals surface area contributed by atoms with Crippen LogP contribution in [0.25, 0.3) is 0 Å². The molecule has 1 aliphatic heterocycles. The lowest BCUT2D eigenvalue weighted by molar-refractivity contribution is 0.248. The average Bonchev–Trinajstić information content (AvgIpc) is 3.15. The zero-order chi connectivity index (χ0) is 17.0. The monoisotopic (exact) mass is 339 g/mol. The number of aliphatic hydroxyl groups is 1. The molecule has 6 heteroatoms. The minimum Gasteiger partial charge on any atom is -0.396 e. The van der Waals surface area contributed by atoms with Crippen molar-refractivity contribution in [3.8, 4) is 0 Å². The van der Waals surface area contributed by atoms with Crippen LogP contribution < -0.4 is 10.6 Å². The van der Waals surface area contributed by atoms with Crippen LogP contribution in [0.2, 0.25) is 0 Å². The highest BCUT2D eigenvalue weighted by molar-refractivity contribution is 5.39. The molecule has 0 aromatic carbocycles. The fraction of sp³-hybridized carbons (Fsp3) is 0.778. The van der Waals surface area contributed by atoms with Crippen molar-refractivity contribution in [3.63, 3.8) is 0 Å². The van der Waals surface area contributed by atoms with Gasteiger partial charge in [-0.1, -0.05) is 19.3 Å². The van der Waals surface area contributed by atoms with Crippen LogP contribution in [0.1, 0.15) is 54.2 Å². The van der Waals surface area contributed by atoms with E-state index in [9.17, 15) is 0 Å². The molecule has 1 aliphatic carbocycles. The predicted molar refractivity (Wildman–Crippen MR) is 104 cm³/mol. The first-order valence-corrected chi connectivity index (χ1v) is 9.42. The third-order valence-corrected chi connectivity index (χ3v) is 4.68. The van der Waals surface area contributed by atoms with E-state index in [0.717, 1.165) is 24.7 Å². The third kappa shape index (κ3) is 7.01. The van der Waals surface area contributed by atoms with E-state index in [1.807, 2.05) is 13.1 Å². The third-order valence-electron chi connectivity index (χ3n) is 4.68. The van der Waals surface area contributed by atoms with E-state index in [2.05, 4.69) is 25.5 Å². The quantitative estimate of drug-likeness (QED) is 0.739. The van der Waals surface area contributed by atoms with Gasteiger partial charge in [-0.2, -0.15) is 4.98 Å². The Morgan fingerprint density at radius 1 is 1.21 bits per heavy atom. The molecule has 6 nitrogen and oxygen atoms in total. The van der Waals surface area contributed by atoms with Crippen molar-refractivity contribution in [2.45, 2.75) is 57.4 Å². The number of aliphatic hydroxyl groups excluding tert-OH is 1. The van der Waals surface area contributed by atoms with Crippen molar-refractivity contribution >= 4 is 11.8 Å². The molecule has 2 heterocycles. The van der Waals surface area contributed by atoms with Gasteiger partial charge in [0, 0.05) is 35.3 Å². The Balaban J connectivity index is 0.000000496. The first-order chi connectivity index (χ1) is 11.8. The lowest BCUT2D eigenvalue weighted by Gasteiger charge is -2.22. The van der Waals surface area contributed by atoms with Gasteiger partial charge in [-0.3, -0.25) is 0 Å². The van der Waals surface area contributed by atoms with Gasteiger partial charge < -0.3 is 20.6 Å². The first kappa shape index (κ1) is 18.9. The van der Waals surface area contributed by atoms with Crippen LogP contribution in [0.5, 0.6) is 0 Å². The summed E-state index contributed by atoms with van der Waals surface area (Å²) in [4.78, 5) is 11.0. The summed E-state index contributed by atoms with van der Waals surface area (Å²) in [6.07, 6.45) is 11.9. The smallest absolute Gasteiger partial charge is 0.224 e. The van der Waals surface area contributed by atoms with Crippen molar-refractivity contribution in [2.24, 2.45) is 0 Å². The maximum Gasteiger partial charge on any atom is 0.224 e. The van der Waals surface area contributed by atoms with Gasteiger partial charge in [-0.25, -0.2) is 4.98 Å². The van der Waals surface area contributed by atoms with Crippen LogP contribution in [-0.2, 0) is 0 Å². The lowest BCUT2D eigenvalue weighted by Crippen LogP contribution is -2.23. The lowest BCUT2D eigenvalue weighted by atomic mass is 9.96. The summed E-state index contributed by atoms with van der Waals surface area (Å²) >= 11 is 0. The van der Waals surface area contributed by atoms with Gasteiger partial charge in [0.05, 0.1) is 0 Å². The van der Waals surface area contributed by atoms with E-state index in [-0.39, 0.29) is 2.85 Å². The summed E-state index contributed by atoms with van der Waals surface area (Å²) in [5.41, 5.74) is 0. The Kier molecular flexibility index (Phi) is 8.84. The second kappa shape index (κ2) is 11.2. The normalized spacial score (nSPS) is 18.8. The van der Waals surface area contributed by atoms with Gasteiger partial charge in [-0.05, 0) is 51.3 Å². The molecule has 0 amide bonds. The van der Waals surface area contributed by atoms with Gasteiger partial charge >= 0.3 is 0 Å². The molecule has 24 heavy (non-hydrogen) atoms. The topological polar surface area (TPSA) is 73.3 Å². The van der Waals surface area contributed by atoms with Crippen LogP contribution >= 0.6 is 0 Å². The molecule has 0 atom stereocenters. The Bertz CT molecular complexity index is 455. The van der Waals surface area contributed by atoms with Crippen molar-refractivity contribution in [3.05, 3.63) is 12.3 Å². The van der Waals surface area contributed by atoms with Gasteiger partial charge in [0.2, 0.25) is 5.95 Å². The number of aromatic nitrogens is 2. The highest BCUT2D eigenvalue weighted by Crippen LogP contribution is 2.20. The van der Waals surface area contributed by atoms with Crippen molar-refractivity contribution in [2.75, 3.05) is 43.9 Å². The summed E-state index contributed by atoms with van der Waals surface area (Å²) < 4.78 is 0. The van der Waals surface area contributed by atoms with Crippen LogP contribution in [0.15, 0.2) is 12.3 Å². The summed E-state index contributed by atoms with van der Waals surface area (Å²) in [6.45, 7) is 3.94. The largest absolute Gasteiger partial charge is 0.396 e. The average molecular weight is 340 g/mol. The molecule has 1 saturated heterocycles. The molecule has 1 aromatic heterocycles. The summed E-state index contributed by atoms with van der Waals surface area (Å²) in [5, 5.41) is 14.9. The molecule has 1 saturated carbocycles. The van der Waals surface area contributed by atoms with Gasteiger partial charge in [0.25, 0.3) is 0 Å². The highest BCUT2D eigenvalue weighted by Gasteiger charge is 2.13. The Hall–Kier alpha value is -1.40. The number of hydrogen-bond acceptors (Lipinski definition) is 6. The van der Waals surface area contributed by atoms with Crippen molar-refractivity contribution in [1.29, 1.82) is 0 Å². The number of hydrogen-bond donors (Lipinski definition) is 3. The Labute approximate surface area is 149 Å². The second-order valence-corrected chi connectivity index (χ2v) is 6.62.